The van der Waals surface area contributed by atoms with E-state index in [4.69, 9.17) is 0 Å². The molecule has 2 heteroatoms. The highest BCUT2D eigenvalue weighted by molar-refractivity contribution is 7.57. The smallest absolute Gasteiger partial charge is 0.00609 e. The van der Waals surface area contributed by atoms with Gasteiger partial charge in [0.05, 0.1) is 0 Å². The van der Waals surface area contributed by atoms with E-state index in [1.54, 1.807) is 11.1 Å². The van der Waals surface area contributed by atoms with Crippen LogP contribution in [0.2, 0.25) is 0 Å². The van der Waals surface area contributed by atoms with Crippen molar-refractivity contribution in [2.45, 2.75) is 40.0 Å². The Morgan fingerprint density at radius 3 is 1.00 bits per heavy atom. The quantitative estimate of drug-likeness (QED) is 0.273. The van der Waals surface area contributed by atoms with E-state index in [2.05, 4.69) is 76.2 Å². The van der Waals surface area contributed by atoms with Gasteiger partial charge in [0, 0.05) is 0 Å². The molecule has 0 aliphatic rings. The van der Waals surface area contributed by atoms with Gasteiger partial charge in [0.25, 0.3) is 0 Å². The Balaban J connectivity index is 2.28. The summed E-state index contributed by atoms with van der Waals surface area (Å²) >= 11 is 0. The average molecular weight is 382 g/mol. The highest BCUT2D eigenvalue weighted by Crippen LogP contribution is 2.47. The first-order valence-electron chi connectivity index (χ1n) is 10.1. The van der Waals surface area contributed by atoms with Crippen molar-refractivity contribution in [3.63, 3.8) is 0 Å². The van der Waals surface area contributed by atoms with Crippen molar-refractivity contribution >= 4 is 37.4 Å². The first-order chi connectivity index (χ1) is 12.7. The van der Waals surface area contributed by atoms with E-state index in [1.807, 2.05) is 0 Å². The Labute approximate surface area is 161 Å². The third kappa shape index (κ3) is 3.98. The lowest BCUT2D eigenvalue weighted by atomic mass is 9.93. The third-order valence-corrected chi connectivity index (χ3v) is 10.8. The van der Waals surface area contributed by atoms with Gasteiger partial charge in [0.1, 0.15) is 0 Å². The Kier molecular flexibility index (Phi) is 7.08. The van der Waals surface area contributed by atoms with E-state index in [0.29, 0.717) is 0 Å². The molecule has 0 bridgehead atoms. The van der Waals surface area contributed by atoms with Crippen LogP contribution in [0, 0.1) is 0 Å². The van der Waals surface area contributed by atoms with Crippen LogP contribution >= 0.6 is 15.8 Å². The predicted octanol–water partition coefficient (Wildman–Crippen LogP) is 8.04. The van der Waals surface area contributed by atoms with Crippen LogP contribution in [0.15, 0.2) is 48.5 Å². The standard InChI is InChI=1S/C24H32P2/c1-5-25(6-2)17-23-19-13-9-11-15-21(19)24(18-26(7-3)8-4)22-16-12-10-14-20(22)23/h9-16H,5-8,17-18H2,1-4H3. The van der Waals surface area contributed by atoms with Gasteiger partial charge < -0.3 is 0 Å². The topological polar surface area (TPSA) is 0 Å². The molecule has 0 aliphatic carbocycles. The normalized spacial score (nSPS) is 11.9. The molecule has 0 aromatic heterocycles. The molecule has 0 N–H and O–H groups in total. The summed E-state index contributed by atoms with van der Waals surface area (Å²) in [5.74, 6) is 0. The number of benzene rings is 3. The van der Waals surface area contributed by atoms with Crippen LogP contribution in [0.3, 0.4) is 0 Å². The van der Waals surface area contributed by atoms with Gasteiger partial charge in [-0.15, -0.1) is 15.8 Å². The second-order valence-corrected chi connectivity index (χ2v) is 12.8. The molecule has 3 aromatic carbocycles. The van der Waals surface area contributed by atoms with Crippen molar-refractivity contribution in [2.75, 3.05) is 24.6 Å². The first kappa shape index (κ1) is 19.8. The first-order valence-corrected chi connectivity index (χ1v) is 13.9. The van der Waals surface area contributed by atoms with Gasteiger partial charge >= 0.3 is 0 Å². The molecule has 3 aromatic rings. The molecule has 0 atom stereocenters. The molecule has 26 heavy (non-hydrogen) atoms. The van der Waals surface area contributed by atoms with Crippen LogP contribution in [0.5, 0.6) is 0 Å². The predicted molar refractivity (Wildman–Crippen MR) is 125 cm³/mol. The second kappa shape index (κ2) is 9.30. The second-order valence-electron chi connectivity index (χ2n) is 6.97. The van der Waals surface area contributed by atoms with E-state index < -0.39 is 0 Å². The van der Waals surface area contributed by atoms with Crippen LogP contribution in [0.1, 0.15) is 38.8 Å². The minimum Gasteiger partial charge on any atom is -0.103 e. The molecule has 0 spiro atoms. The van der Waals surface area contributed by atoms with Crippen LogP contribution in [0.4, 0.5) is 0 Å². The van der Waals surface area contributed by atoms with Crippen LogP contribution in [-0.4, -0.2) is 24.6 Å². The minimum absolute atomic E-state index is 0.0926. The Bertz CT molecular complexity index is 732. The van der Waals surface area contributed by atoms with Gasteiger partial charge in [0.15, 0.2) is 0 Å². The highest BCUT2D eigenvalue weighted by atomic mass is 31.1. The average Bonchev–Trinajstić information content (AvgIpc) is 2.70. The van der Waals surface area contributed by atoms with Gasteiger partial charge in [-0.1, -0.05) is 76.2 Å². The van der Waals surface area contributed by atoms with Crippen molar-refractivity contribution in [3.8, 4) is 0 Å². The zero-order valence-corrected chi connectivity index (χ0v) is 18.5. The number of hydrogen-bond acceptors (Lipinski definition) is 0. The fourth-order valence-electron chi connectivity index (χ4n) is 3.99. The lowest BCUT2D eigenvalue weighted by Gasteiger charge is -2.22. The molecule has 0 saturated heterocycles. The summed E-state index contributed by atoms with van der Waals surface area (Å²) in [6.45, 7) is 9.46. The zero-order chi connectivity index (χ0) is 18.5. The molecule has 0 heterocycles. The van der Waals surface area contributed by atoms with Crippen molar-refractivity contribution in [3.05, 3.63) is 59.7 Å². The van der Waals surface area contributed by atoms with Crippen molar-refractivity contribution in [1.29, 1.82) is 0 Å². The van der Waals surface area contributed by atoms with E-state index in [0.717, 1.165) is 0 Å². The maximum Gasteiger partial charge on any atom is -0.00609 e. The fraction of sp³-hybridized carbons (Fsp3) is 0.417. The fourth-order valence-corrected chi connectivity index (χ4v) is 7.36. The maximum atomic E-state index is 2.37. The van der Waals surface area contributed by atoms with Crippen molar-refractivity contribution < 1.29 is 0 Å². The lowest BCUT2D eigenvalue weighted by molar-refractivity contribution is 1.32. The summed E-state index contributed by atoms with van der Waals surface area (Å²) in [5, 5.41) is 6.05. The molecule has 138 valence electrons. The van der Waals surface area contributed by atoms with E-state index in [9.17, 15) is 0 Å². The number of hydrogen-bond donors (Lipinski definition) is 0. The molecular weight excluding hydrogens is 350 g/mol. The molecule has 0 nitrogen and oxygen atoms in total. The summed E-state index contributed by atoms with van der Waals surface area (Å²) in [4.78, 5) is 0. The molecular formula is C24H32P2. The largest absolute Gasteiger partial charge is 0.103 e. The lowest BCUT2D eigenvalue weighted by Crippen LogP contribution is -1.98. The van der Waals surface area contributed by atoms with E-state index in [1.165, 1.54) is 58.5 Å². The molecule has 0 saturated carbocycles. The number of rotatable bonds is 8. The summed E-state index contributed by atoms with van der Waals surface area (Å²) < 4.78 is 0. The highest BCUT2D eigenvalue weighted by Gasteiger charge is 2.17. The van der Waals surface area contributed by atoms with Crippen LogP contribution in [-0.2, 0) is 12.3 Å². The Hall–Kier alpha value is -0.960. The van der Waals surface area contributed by atoms with Gasteiger partial charge in [0.2, 0.25) is 0 Å². The van der Waals surface area contributed by atoms with Crippen molar-refractivity contribution in [1.82, 2.24) is 0 Å². The van der Waals surface area contributed by atoms with Crippen LogP contribution in [0.25, 0.3) is 21.5 Å². The zero-order valence-electron chi connectivity index (χ0n) is 16.8. The summed E-state index contributed by atoms with van der Waals surface area (Å²) in [6, 6.07) is 18.4. The third-order valence-electron chi connectivity index (χ3n) is 5.71. The molecule has 0 fully saturated rings. The molecule has 0 unspecified atom stereocenters. The molecule has 3 rings (SSSR count). The monoisotopic (exact) mass is 382 g/mol. The Morgan fingerprint density at radius 1 is 0.500 bits per heavy atom. The van der Waals surface area contributed by atoms with Gasteiger partial charge in [-0.3, -0.25) is 0 Å². The summed E-state index contributed by atoms with van der Waals surface area (Å²) in [7, 11) is 0.185. The van der Waals surface area contributed by atoms with Gasteiger partial charge in [-0.25, -0.2) is 0 Å². The Morgan fingerprint density at radius 2 is 0.769 bits per heavy atom. The molecule has 0 amide bonds. The summed E-state index contributed by atoms with van der Waals surface area (Å²) in [5.41, 5.74) is 3.21. The van der Waals surface area contributed by atoms with Gasteiger partial charge in [-0.05, 0) is 69.6 Å². The SMILES string of the molecule is CCP(CC)Cc1c2ccccc2c(CP(CC)CC)c2ccccc12. The summed E-state index contributed by atoms with van der Waals surface area (Å²) in [6.07, 6.45) is 7.83. The van der Waals surface area contributed by atoms with E-state index >= 15 is 0 Å². The van der Waals surface area contributed by atoms with Crippen LogP contribution < -0.4 is 0 Å². The number of fused-ring (bicyclic) bond motifs is 2. The molecule has 0 radical (unpaired) electrons. The van der Waals surface area contributed by atoms with Crippen molar-refractivity contribution in [2.24, 2.45) is 0 Å². The molecule has 0 aliphatic heterocycles. The van der Waals surface area contributed by atoms with E-state index in [-0.39, 0.29) is 15.8 Å². The van der Waals surface area contributed by atoms with Gasteiger partial charge in [-0.2, -0.15) is 0 Å². The minimum atomic E-state index is 0.0926. The maximum absolute atomic E-state index is 2.37.